The molecule has 1 heterocycles. The number of carbonyl (C=O) groups is 2. The van der Waals surface area contributed by atoms with Crippen molar-refractivity contribution in [2.24, 2.45) is 0 Å². The van der Waals surface area contributed by atoms with Crippen LogP contribution in [0.2, 0.25) is 0 Å². The van der Waals surface area contributed by atoms with Crippen molar-refractivity contribution in [2.75, 3.05) is 23.0 Å². The molecule has 36 heavy (non-hydrogen) atoms. The minimum atomic E-state index is -0.892. The fourth-order valence-electron chi connectivity index (χ4n) is 4.55. The molecule has 1 unspecified atom stereocenters. The van der Waals surface area contributed by atoms with Crippen molar-refractivity contribution < 1.29 is 9.59 Å². The van der Waals surface area contributed by atoms with E-state index < -0.39 is 5.54 Å². The summed E-state index contributed by atoms with van der Waals surface area (Å²) in [5.41, 5.74) is 4.11. The van der Waals surface area contributed by atoms with Crippen molar-refractivity contribution in [1.82, 2.24) is 10.6 Å². The number of hydrogen-bond acceptors (Lipinski definition) is 5. The normalized spacial score (nSPS) is 18.6. The molecular formula is C28H25N5O2S. The minimum absolute atomic E-state index is 0.264. The third-order valence-electron chi connectivity index (χ3n) is 6.29. The second kappa shape index (κ2) is 9.67. The third-order valence-corrected chi connectivity index (χ3v) is 6.59. The lowest BCUT2D eigenvalue weighted by molar-refractivity contribution is -0.124. The van der Waals surface area contributed by atoms with Crippen molar-refractivity contribution >= 4 is 46.2 Å². The van der Waals surface area contributed by atoms with E-state index in [1.165, 1.54) is 0 Å². The van der Waals surface area contributed by atoms with Crippen LogP contribution in [0.3, 0.4) is 0 Å². The van der Waals surface area contributed by atoms with Crippen molar-refractivity contribution in [3.05, 3.63) is 113 Å². The lowest BCUT2D eigenvalue weighted by Crippen LogP contribution is -2.43. The van der Waals surface area contributed by atoms with Gasteiger partial charge in [0.15, 0.2) is 5.11 Å². The van der Waals surface area contributed by atoms with E-state index in [0.717, 1.165) is 28.3 Å². The van der Waals surface area contributed by atoms with Crippen LogP contribution in [-0.4, -0.2) is 24.0 Å². The van der Waals surface area contributed by atoms with Crippen LogP contribution in [-0.2, 0) is 15.1 Å². The number of imide groups is 1. The van der Waals surface area contributed by atoms with E-state index in [0.29, 0.717) is 16.3 Å². The smallest absolute Gasteiger partial charge is 0.258 e. The molecule has 8 heteroatoms. The van der Waals surface area contributed by atoms with Crippen molar-refractivity contribution in [3.8, 4) is 0 Å². The fourth-order valence-corrected chi connectivity index (χ4v) is 4.66. The molecule has 5 N–H and O–H groups in total. The lowest BCUT2D eigenvalue weighted by atomic mass is 9.75. The maximum atomic E-state index is 12.8. The van der Waals surface area contributed by atoms with Crippen LogP contribution in [0.1, 0.15) is 12.0 Å². The molecule has 1 aliphatic heterocycles. The van der Waals surface area contributed by atoms with Crippen molar-refractivity contribution in [1.29, 1.82) is 0 Å². The monoisotopic (exact) mass is 495 g/mol. The van der Waals surface area contributed by atoms with Gasteiger partial charge < -0.3 is 21.3 Å². The van der Waals surface area contributed by atoms with Gasteiger partial charge in [0, 0.05) is 41.8 Å². The van der Waals surface area contributed by atoms with E-state index in [1.807, 2.05) is 84.9 Å². The fraction of sp³-hybridized carbons (Fsp3) is 0.107. The maximum absolute atomic E-state index is 12.8. The topological polar surface area (TPSA) is 94.3 Å². The van der Waals surface area contributed by atoms with Crippen molar-refractivity contribution in [3.63, 3.8) is 0 Å². The number of hydrogen-bond donors (Lipinski definition) is 5. The zero-order valence-electron chi connectivity index (χ0n) is 19.6. The van der Waals surface area contributed by atoms with E-state index >= 15 is 0 Å². The molecule has 7 nitrogen and oxygen atoms in total. The molecule has 3 aromatic rings. The number of para-hydroxylation sites is 2. The standard InChI is InChI=1S/C28H25N5O2S/c1-29-27(36)31-21-14-8-9-18(15-21)28(33-20-12-6-3-7-13-20)17-23-22(25(34)32-26(23)35)16-24(28)30-19-10-4-2-5-11-19/h2-16,30,33H,17H2,1H3,(H2,29,31,36)(H,32,34,35). The Balaban J connectivity index is 1.69. The zero-order valence-corrected chi connectivity index (χ0v) is 20.4. The summed E-state index contributed by atoms with van der Waals surface area (Å²) in [5.74, 6) is -0.750. The van der Waals surface area contributed by atoms with E-state index in [9.17, 15) is 9.59 Å². The summed E-state index contributed by atoms with van der Waals surface area (Å²) in [6, 6.07) is 27.4. The van der Waals surface area contributed by atoms with Gasteiger partial charge in [0.1, 0.15) is 5.54 Å². The molecule has 180 valence electrons. The Hall–Kier alpha value is -4.43. The van der Waals surface area contributed by atoms with Crippen LogP contribution < -0.4 is 26.6 Å². The first-order valence-electron chi connectivity index (χ1n) is 11.5. The largest absolute Gasteiger partial charge is 0.370 e. The maximum Gasteiger partial charge on any atom is 0.258 e. The van der Waals surface area contributed by atoms with Gasteiger partial charge in [-0.2, -0.15) is 0 Å². The van der Waals surface area contributed by atoms with Gasteiger partial charge in [-0.05, 0) is 60.3 Å². The summed E-state index contributed by atoms with van der Waals surface area (Å²) in [6.45, 7) is 0. The van der Waals surface area contributed by atoms with Crippen LogP contribution >= 0.6 is 12.2 Å². The molecule has 2 amide bonds. The third kappa shape index (κ3) is 4.46. The highest BCUT2D eigenvalue weighted by molar-refractivity contribution is 7.80. The number of carbonyl (C=O) groups excluding carboxylic acids is 2. The molecule has 1 atom stereocenters. The SMILES string of the molecule is CNC(=S)Nc1cccc(C2(Nc3ccccc3)CC3=C(C=C2Nc2ccccc2)C(=O)NC3=O)c1. The Morgan fingerprint density at radius 3 is 2.22 bits per heavy atom. The van der Waals surface area contributed by atoms with Crippen LogP contribution in [0, 0.1) is 0 Å². The Labute approximate surface area is 214 Å². The highest BCUT2D eigenvalue weighted by Gasteiger charge is 2.46. The van der Waals surface area contributed by atoms with Crippen LogP contribution in [0.15, 0.2) is 108 Å². The minimum Gasteiger partial charge on any atom is -0.370 e. The van der Waals surface area contributed by atoms with Gasteiger partial charge in [-0.1, -0.05) is 48.5 Å². The summed E-state index contributed by atoms with van der Waals surface area (Å²) in [6.07, 6.45) is 2.04. The molecule has 1 aliphatic carbocycles. The summed E-state index contributed by atoms with van der Waals surface area (Å²) < 4.78 is 0. The summed E-state index contributed by atoms with van der Waals surface area (Å²) in [7, 11) is 1.76. The van der Waals surface area contributed by atoms with Gasteiger partial charge in [-0.15, -0.1) is 0 Å². The quantitative estimate of drug-likeness (QED) is 0.258. The number of nitrogens with one attached hydrogen (secondary N) is 5. The molecule has 0 spiro atoms. The number of benzene rings is 3. The van der Waals surface area contributed by atoms with Gasteiger partial charge >= 0.3 is 0 Å². The first-order valence-corrected chi connectivity index (χ1v) is 11.9. The second-order valence-corrected chi connectivity index (χ2v) is 8.99. The van der Waals surface area contributed by atoms with Gasteiger partial charge in [0.25, 0.3) is 11.8 Å². The predicted molar refractivity (Wildman–Crippen MR) is 146 cm³/mol. The van der Waals surface area contributed by atoms with Gasteiger partial charge in [-0.3, -0.25) is 14.9 Å². The van der Waals surface area contributed by atoms with Gasteiger partial charge in [0.2, 0.25) is 0 Å². The first-order chi connectivity index (χ1) is 17.5. The molecule has 3 aromatic carbocycles. The molecule has 0 fully saturated rings. The Kier molecular flexibility index (Phi) is 6.26. The second-order valence-electron chi connectivity index (χ2n) is 8.58. The molecular weight excluding hydrogens is 470 g/mol. The molecule has 5 rings (SSSR count). The molecule has 0 saturated heterocycles. The molecule has 0 aromatic heterocycles. The zero-order chi connectivity index (χ0) is 25.1. The van der Waals surface area contributed by atoms with Gasteiger partial charge in [-0.25, -0.2) is 0 Å². The van der Waals surface area contributed by atoms with Crippen LogP contribution in [0.5, 0.6) is 0 Å². The van der Waals surface area contributed by atoms with E-state index in [4.69, 9.17) is 12.2 Å². The number of thiocarbonyl (C=S) groups is 1. The van der Waals surface area contributed by atoms with Crippen LogP contribution in [0.4, 0.5) is 17.1 Å². The number of anilines is 3. The summed E-state index contributed by atoms with van der Waals surface area (Å²) in [5, 5.41) is 16.3. The van der Waals surface area contributed by atoms with E-state index in [2.05, 4.69) is 26.6 Å². The molecule has 0 bridgehead atoms. The summed E-state index contributed by atoms with van der Waals surface area (Å²) in [4.78, 5) is 25.4. The first kappa shape index (κ1) is 23.3. The van der Waals surface area contributed by atoms with Gasteiger partial charge in [0.05, 0.1) is 5.57 Å². The average Bonchev–Trinajstić information content (AvgIpc) is 3.17. The van der Waals surface area contributed by atoms with E-state index in [-0.39, 0.29) is 18.2 Å². The van der Waals surface area contributed by atoms with Crippen LogP contribution in [0.25, 0.3) is 0 Å². The number of rotatable bonds is 6. The Morgan fingerprint density at radius 1 is 0.861 bits per heavy atom. The Morgan fingerprint density at radius 2 is 1.53 bits per heavy atom. The number of amides is 2. The molecule has 0 saturated carbocycles. The highest BCUT2D eigenvalue weighted by atomic mass is 32.1. The van der Waals surface area contributed by atoms with Crippen molar-refractivity contribution in [2.45, 2.75) is 12.0 Å². The molecule has 2 aliphatic rings. The lowest BCUT2D eigenvalue weighted by Gasteiger charge is -2.41. The predicted octanol–water partition coefficient (Wildman–Crippen LogP) is 4.26. The molecule has 0 radical (unpaired) electrons. The van der Waals surface area contributed by atoms with E-state index in [1.54, 1.807) is 13.1 Å². The Bertz CT molecular complexity index is 1400. The highest BCUT2D eigenvalue weighted by Crippen LogP contribution is 2.45. The summed E-state index contributed by atoms with van der Waals surface area (Å²) >= 11 is 5.31. The average molecular weight is 496 g/mol.